The molecule has 0 aromatic carbocycles. The highest BCUT2D eigenvalue weighted by Crippen LogP contribution is 2.37. The SMILES string of the molecule is COCCC(=O)Nc1ccc2n(c1=O)C[C@H]1C[C@@H]2CN(C2CCOCC2)C1. The van der Waals surface area contributed by atoms with E-state index in [1.807, 2.05) is 10.6 Å². The summed E-state index contributed by atoms with van der Waals surface area (Å²) in [4.78, 5) is 27.5. The Balaban J connectivity index is 1.51. The molecule has 0 radical (unpaired) electrons. The second-order valence-electron chi connectivity index (χ2n) is 7.97. The van der Waals surface area contributed by atoms with E-state index in [2.05, 4.69) is 10.2 Å². The summed E-state index contributed by atoms with van der Waals surface area (Å²) in [7, 11) is 1.56. The van der Waals surface area contributed by atoms with Crippen molar-refractivity contribution in [3.05, 3.63) is 28.2 Å². The molecule has 3 aliphatic heterocycles. The van der Waals surface area contributed by atoms with Gasteiger partial charge in [0.15, 0.2) is 0 Å². The van der Waals surface area contributed by atoms with Crippen LogP contribution in [0.1, 0.15) is 37.3 Å². The van der Waals surface area contributed by atoms with E-state index in [0.717, 1.165) is 57.8 Å². The smallest absolute Gasteiger partial charge is 0.274 e. The molecule has 27 heavy (non-hydrogen) atoms. The maximum atomic E-state index is 12.9. The van der Waals surface area contributed by atoms with Crippen LogP contribution in [0.15, 0.2) is 16.9 Å². The van der Waals surface area contributed by atoms with Crippen molar-refractivity contribution in [1.29, 1.82) is 0 Å². The Labute approximate surface area is 159 Å². The van der Waals surface area contributed by atoms with Crippen LogP contribution in [-0.2, 0) is 20.8 Å². The molecular weight excluding hydrogens is 346 g/mol. The standard InChI is InChI=1S/C20H29N3O4/c1-26-7-6-19(24)21-17-2-3-18-15-10-14(12-23(18)20(17)25)11-22(13-15)16-4-8-27-9-5-16/h2-3,14-16H,4-13H2,1H3,(H,21,24)/t14-,15+/m0/s1. The third kappa shape index (κ3) is 3.95. The topological polar surface area (TPSA) is 72.8 Å². The van der Waals surface area contributed by atoms with Gasteiger partial charge < -0.3 is 19.4 Å². The molecular formula is C20H29N3O4. The van der Waals surface area contributed by atoms with E-state index in [0.29, 0.717) is 30.2 Å². The van der Waals surface area contributed by atoms with Crippen molar-refractivity contribution in [3.63, 3.8) is 0 Å². The predicted octanol–water partition coefficient (Wildman–Crippen LogP) is 1.42. The molecule has 1 aromatic rings. The zero-order valence-corrected chi connectivity index (χ0v) is 16.0. The first-order valence-corrected chi connectivity index (χ1v) is 10.00. The highest BCUT2D eigenvalue weighted by molar-refractivity contribution is 5.90. The number of nitrogens with zero attached hydrogens (tertiary/aromatic N) is 2. The van der Waals surface area contributed by atoms with Gasteiger partial charge in [-0.3, -0.25) is 14.5 Å². The first-order chi connectivity index (χ1) is 13.2. The number of methoxy groups -OCH3 is 1. The minimum absolute atomic E-state index is 0.0764. The molecule has 0 aliphatic carbocycles. The lowest BCUT2D eigenvalue weighted by Crippen LogP contribution is -2.51. The van der Waals surface area contributed by atoms with Crippen LogP contribution < -0.4 is 10.9 Å². The molecule has 0 saturated carbocycles. The van der Waals surface area contributed by atoms with E-state index >= 15 is 0 Å². The zero-order valence-electron chi connectivity index (χ0n) is 16.0. The van der Waals surface area contributed by atoms with E-state index in [9.17, 15) is 9.59 Å². The molecule has 4 rings (SSSR count). The quantitative estimate of drug-likeness (QED) is 0.843. The van der Waals surface area contributed by atoms with Gasteiger partial charge in [0.25, 0.3) is 5.56 Å². The van der Waals surface area contributed by atoms with Crippen LogP contribution in [-0.4, -0.2) is 61.4 Å². The molecule has 7 heteroatoms. The number of fused-ring (bicyclic) bond motifs is 4. The zero-order chi connectivity index (χ0) is 18.8. The van der Waals surface area contributed by atoms with Crippen LogP contribution in [0, 0.1) is 5.92 Å². The second-order valence-corrected chi connectivity index (χ2v) is 7.97. The molecule has 0 spiro atoms. The highest BCUT2D eigenvalue weighted by Gasteiger charge is 2.37. The number of nitrogens with one attached hydrogen (secondary N) is 1. The number of piperidine rings is 1. The van der Waals surface area contributed by atoms with Crippen molar-refractivity contribution >= 4 is 11.6 Å². The molecule has 1 N–H and O–H groups in total. The van der Waals surface area contributed by atoms with Gasteiger partial charge in [-0.2, -0.15) is 0 Å². The van der Waals surface area contributed by atoms with Crippen molar-refractivity contribution < 1.29 is 14.3 Å². The monoisotopic (exact) mass is 375 g/mol. The van der Waals surface area contributed by atoms with Gasteiger partial charge in [0.2, 0.25) is 5.91 Å². The summed E-state index contributed by atoms with van der Waals surface area (Å²) in [5.74, 6) is 0.707. The molecule has 4 heterocycles. The van der Waals surface area contributed by atoms with Gasteiger partial charge in [-0.25, -0.2) is 0 Å². The largest absolute Gasteiger partial charge is 0.384 e. The number of hydrogen-bond donors (Lipinski definition) is 1. The van der Waals surface area contributed by atoms with Crippen LogP contribution in [0.25, 0.3) is 0 Å². The molecule has 2 atom stereocenters. The molecule has 0 unspecified atom stereocenters. The molecule has 2 fully saturated rings. The maximum Gasteiger partial charge on any atom is 0.274 e. The summed E-state index contributed by atoms with van der Waals surface area (Å²) in [6.07, 6.45) is 3.62. The first kappa shape index (κ1) is 18.7. The fourth-order valence-corrected chi connectivity index (χ4v) is 4.83. The Bertz CT molecular complexity index is 741. The van der Waals surface area contributed by atoms with Crippen LogP contribution in [0.3, 0.4) is 0 Å². The third-order valence-electron chi connectivity index (χ3n) is 6.15. The van der Waals surface area contributed by atoms with Gasteiger partial charge >= 0.3 is 0 Å². The minimum atomic E-state index is -0.184. The lowest BCUT2D eigenvalue weighted by Gasteiger charge is -2.46. The summed E-state index contributed by atoms with van der Waals surface area (Å²) in [5, 5.41) is 2.74. The van der Waals surface area contributed by atoms with Crippen molar-refractivity contribution in [3.8, 4) is 0 Å². The Morgan fingerprint density at radius 1 is 1.26 bits per heavy atom. The van der Waals surface area contributed by atoms with Gasteiger partial charge in [0.05, 0.1) is 13.0 Å². The predicted molar refractivity (Wildman–Crippen MR) is 102 cm³/mol. The second kappa shape index (κ2) is 8.12. The van der Waals surface area contributed by atoms with Crippen molar-refractivity contribution in [2.24, 2.45) is 5.92 Å². The fourth-order valence-electron chi connectivity index (χ4n) is 4.83. The van der Waals surface area contributed by atoms with Gasteiger partial charge in [0.1, 0.15) is 5.69 Å². The summed E-state index contributed by atoms with van der Waals surface area (Å²) in [6, 6.07) is 4.41. The van der Waals surface area contributed by atoms with Crippen LogP contribution in [0.5, 0.6) is 0 Å². The van der Waals surface area contributed by atoms with E-state index in [1.165, 1.54) is 0 Å². The number of hydrogen-bond acceptors (Lipinski definition) is 5. The Morgan fingerprint density at radius 2 is 2.07 bits per heavy atom. The Morgan fingerprint density at radius 3 is 2.85 bits per heavy atom. The summed E-state index contributed by atoms with van der Waals surface area (Å²) in [6.45, 7) is 4.88. The average molecular weight is 375 g/mol. The third-order valence-corrected chi connectivity index (χ3v) is 6.15. The number of anilines is 1. The molecule has 7 nitrogen and oxygen atoms in total. The van der Waals surface area contributed by atoms with Gasteiger partial charge in [0, 0.05) is 57.6 Å². The maximum absolute atomic E-state index is 12.9. The number of aromatic nitrogens is 1. The van der Waals surface area contributed by atoms with E-state index in [4.69, 9.17) is 9.47 Å². The van der Waals surface area contributed by atoms with E-state index in [-0.39, 0.29) is 17.9 Å². The van der Waals surface area contributed by atoms with E-state index in [1.54, 1.807) is 13.2 Å². The van der Waals surface area contributed by atoms with E-state index < -0.39 is 0 Å². The number of carbonyl (C=O) groups excluding carboxylic acids is 1. The van der Waals surface area contributed by atoms with Gasteiger partial charge in [-0.05, 0) is 37.3 Å². The Hall–Kier alpha value is -1.70. The number of carbonyl (C=O) groups is 1. The fraction of sp³-hybridized carbons (Fsp3) is 0.700. The van der Waals surface area contributed by atoms with Crippen molar-refractivity contribution in [1.82, 2.24) is 9.47 Å². The highest BCUT2D eigenvalue weighted by atomic mass is 16.5. The van der Waals surface area contributed by atoms with Crippen LogP contribution >= 0.6 is 0 Å². The molecule has 1 amide bonds. The number of pyridine rings is 1. The number of rotatable bonds is 5. The van der Waals surface area contributed by atoms with Gasteiger partial charge in [-0.1, -0.05) is 0 Å². The molecule has 2 bridgehead atoms. The number of amides is 1. The van der Waals surface area contributed by atoms with Gasteiger partial charge in [-0.15, -0.1) is 0 Å². The van der Waals surface area contributed by atoms with Crippen molar-refractivity contribution in [2.75, 3.05) is 45.3 Å². The summed E-state index contributed by atoms with van der Waals surface area (Å²) in [5.41, 5.74) is 1.41. The number of ether oxygens (including phenoxy) is 2. The summed E-state index contributed by atoms with van der Waals surface area (Å²) >= 11 is 0. The normalized spacial score (nSPS) is 25.8. The molecule has 148 valence electrons. The average Bonchev–Trinajstić information content (AvgIpc) is 2.69. The minimum Gasteiger partial charge on any atom is -0.384 e. The molecule has 1 aromatic heterocycles. The lowest BCUT2D eigenvalue weighted by atomic mass is 9.82. The molecule has 3 aliphatic rings. The molecule has 2 saturated heterocycles. The first-order valence-electron chi connectivity index (χ1n) is 10.00. The van der Waals surface area contributed by atoms with Crippen molar-refractivity contribution in [2.45, 2.75) is 44.2 Å². The van der Waals surface area contributed by atoms with Crippen LogP contribution in [0.2, 0.25) is 0 Å². The Kier molecular flexibility index (Phi) is 5.61. The van der Waals surface area contributed by atoms with Crippen LogP contribution in [0.4, 0.5) is 5.69 Å². The summed E-state index contributed by atoms with van der Waals surface area (Å²) < 4.78 is 12.3. The lowest BCUT2D eigenvalue weighted by molar-refractivity contribution is -0.117. The number of likely N-dealkylation sites (tertiary alicyclic amines) is 1.